The SMILES string of the molecule is Cc1noc(CN2CCCC(C)C2C(=O)O)n1. The molecule has 1 fully saturated rings. The summed E-state index contributed by atoms with van der Waals surface area (Å²) < 4.78 is 5.03. The number of aliphatic carboxylic acids is 1. The molecule has 0 aliphatic carbocycles. The molecule has 2 rings (SSSR count). The molecule has 1 saturated heterocycles. The number of aryl methyl sites for hydroxylation is 1. The van der Waals surface area contributed by atoms with Gasteiger partial charge in [-0.3, -0.25) is 9.69 Å². The number of piperidine rings is 1. The fourth-order valence-electron chi connectivity index (χ4n) is 2.43. The lowest BCUT2D eigenvalue weighted by molar-refractivity contribution is -0.147. The summed E-state index contributed by atoms with van der Waals surface area (Å²) in [5.41, 5.74) is 0. The van der Waals surface area contributed by atoms with Crippen molar-refractivity contribution in [3.63, 3.8) is 0 Å². The Labute approximate surface area is 99.6 Å². The molecule has 1 aliphatic heterocycles. The number of hydrogen-bond donors (Lipinski definition) is 1. The highest BCUT2D eigenvalue weighted by molar-refractivity contribution is 5.74. The highest BCUT2D eigenvalue weighted by Gasteiger charge is 2.34. The number of carboxylic acid groups (broad SMARTS) is 1. The summed E-state index contributed by atoms with van der Waals surface area (Å²) in [4.78, 5) is 17.3. The van der Waals surface area contributed by atoms with E-state index < -0.39 is 12.0 Å². The molecule has 1 aliphatic rings. The van der Waals surface area contributed by atoms with Crippen LogP contribution in [0.4, 0.5) is 0 Å². The Balaban J connectivity index is 2.09. The Morgan fingerprint density at radius 3 is 3.00 bits per heavy atom. The fourth-order valence-corrected chi connectivity index (χ4v) is 2.43. The maximum absolute atomic E-state index is 11.3. The molecule has 17 heavy (non-hydrogen) atoms. The standard InChI is InChI=1S/C11H17N3O3/c1-7-4-3-5-14(10(7)11(15)16)6-9-12-8(2)13-17-9/h7,10H,3-6H2,1-2H3,(H,15,16). The minimum absolute atomic E-state index is 0.158. The molecule has 0 spiro atoms. The molecule has 6 heteroatoms. The van der Waals surface area contributed by atoms with E-state index in [0.29, 0.717) is 18.3 Å². The lowest BCUT2D eigenvalue weighted by Crippen LogP contribution is -2.48. The molecule has 1 aromatic rings. The van der Waals surface area contributed by atoms with Crippen molar-refractivity contribution in [1.29, 1.82) is 0 Å². The van der Waals surface area contributed by atoms with Gasteiger partial charge in [0.2, 0.25) is 5.89 Å². The molecule has 1 aromatic heterocycles. The highest BCUT2D eigenvalue weighted by atomic mass is 16.5. The van der Waals surface area contributed by atoms with Crippen LogP contribution in [0.15, 0.2) is 4.52 Å². The fraction of sp³-hybridized carbons (Fsp3) is 0.727. The lowest BCUT2D eigenvalue weighted by atomic mass is 9.91. The maximum atomic E-state index is 11.3. The van der Waals surface area contributed by atoms with E-state index in [0.717, 1.165) is 19.4 Å². The van der Waals surface area contributed by atoms with Crippen molar-refractivity contribution in [2.24, 2.45) is 5.92 Å². The molecule has 2 heterocycles. The van der Waals surface area contributed by atoms with E-state index in [-0.39, 0.29) is 5.92 Å². The predicted molar refractivity (Wildman–Crippen MR) is 59.3 cm³/mol. The number of carbonyl (C=O) groups is 1. The van der Waals surface area contributed by atoms with E-state index in [2.05, 4.69) is 10.1 Å². The van der Waals surface area contributed by atoms with Crippen LogP contribution in [0.25, 0.3) is 0 Å². The molecule has 0 aromatic carbocycles. The summed E-state index contributed by atoms with van der Waals surface area (Å²) in [6.45, 7) is 4.91. The second-order valence-corrected chi connectivity index (χ2v) is 4.61. The molecule has 0 radical (unpaired) electrons. The maximum Gasteiger partial charge on any atom is 0.321 e. The molecule has 0 bridgehead atoms. The van der Waals surface area contributed by atoms with E-state index >= 15 is 0 Å². The van der Waals surface area contributed by atoms with Crippen LogP contribution in [0.2, 0.25) is 0 Å². The van der Waals surface area contributed by atoms with Crippen molar-refractivity contribution in [3.05, 3.63) is 11.7 Å². The van der Waals surface area contributed by atoms with E-state index in [4.69, 9.17) is 4.52 Å². The van der Waals surface area contributed by atoms with Gasteiger partial charge in [-0.2, -0.15) is 4.98 Å². The summed E-state index contributed by atoms with van der Waals surface area (Å²) in [5, 5.41) is 13.0. The van der Waals surface area contributed by atoms with Crippen LogP contribution >= 0.6 is 0 Å². The van der Waals surface area contributed by atoms with Gasteiger partial charge in [-0.25, -0.2) is 0 Å². The first-order valence-electron chi connectivity index (χ1n) is 5.84. The minimum atomic E-state index is -0.770. The van der Waals surface area contributed by atoms with Gasteiger partial charge < -0.3 is 9.63 Å². The van der Waals surface area contributed by atoms with Crippen LogP contribution < -0.4 is 0 Å². The average Bonchev–Trinajstić information content (AvgIpc) is 2.63. The molecule has 2 atom stereocenters. The third kappa shape index (κ3) is 2.63. The number of hydrogen-bond acceptors (Lipinski definition) is 5. The summed E-state index contributed by atoms with van der Waals surface area (Å²) >= 11 is 0. The first-order valence-corrected chi connectivity index (χ1v) is 5.84. The zero-order chi connectivity index (χ0) is 12.4. The summed E-state index contributed by atoms with van der Waals surface area (Å²) in [6.07, 6.45) is 1.97. The van der Waals surface area contributed by atoms with Crippen LogP contribution in [0.1, 0.15) is 31.5 Å². The average molecular weight is 239 g/mol. The number of likely N-dealkylation sites (tertiary alicyclic amines) is 1. The molecule has 0 saturated carbocycles. The normalized spacial score (nSPS) is 26.0. The second-order valence-electron chi connectivity index (χ2n) is 4.61. The van der Waals surface area contributed by atoms with Crippen molar-refractivity contribution in [2.75, 3.05) is 6.54 Å². The first kappa shape index (κ1) is 12.0. The monoisotopic (exact) mass is 239 g/mol. The Kier molecular flexibility index (Phi) is 3.42. The molecule has 94 valence electrons. The number of carboxylic acids is 1. The Morgan fingerprint density at radius 2 is 2.41 bits per heavy atom. The van der Waals surface area contributed by atoms with Gasteiger partial charge in [-0.1, -0.05) is 12.1 Å². The van der Waals surface area contributed by atoms with Crippen LogP contribution in [0.3, 0.4) is 0 Å². The van der Waals surface area contributed by atoms with Crippen molar-refractivity contribution >= 4 is 5.97 Å². The largest absolute Gasteiger partial charge is 0.480 e. The molecule has 0 amide bonds. The van der Waals surface area contributed by atoms with Crippen LogP contribution in [0.5, 0.6) is 0 Å². The van der Waals surface area contributed by atoms with E-state index in [9.17, 15) is 9.90 Å². The summed E-state index contributed by atoms with van der Waals surface area (Å²) in [7, 11) is 0. The van der Waals surface area contributed by atoms with Gasteiger partial charge in [0.25, 0.3) is 0 Å². The zero-order valence-electron chi connectivity index (χ0n) is 10.1. The lowest BCUT2D eigenvalue weighted by Gasteiger charge is -2.36. The van der Waals surface area contributed by atoms with Crippen LogP contribution in [-0.2, 0) is 11.3 Å². The smallest absolute Gasteiger partial charge is 0.321 e. The topological polar surface area (TPSA) is 79.5 Å². The Morgan fingerprint density at radius 1 is 1.65 bits per heavy atom. The molecule has 1 N–H and O–H groups in total. The third-order valence-corrected chi connectivity index (χ3v) is 3.20. The molecular formula is C11H17N3O3. The Bertz CT molecular complexity index is 404. The van der Waals surface area contributed by atoms with Gasteiger partial charge in [0.15, 0.2) is 5.82 Å². The molecular weight excluding hydrogens is 222 g/mol. The van der Waals surface area contributed by atoms with Gasteiger partial charge in [0, 0.05) is 0 Å². The summed E-state index contributed by atoms with van der Waals surface area (Å²) in [5.74, 6) is 0.457. The number of nitrogens with zero attached hydrogens (tertiary/aromatic N) is 3. The van der Waals surface area contributed by atoms with Gasteiger partial charge in [0.05, 0.1) is 6.54 Å². The van der Waals surface area contributed by atoms with E-state index in [1.165, 1.54) is 0 Å². The van der Waals surface area contributed by atoms with Gasteiger partial charge in [-0.05, 0) is 32.2 Å². The number of aromatic nitrogens is 2. The Hall–Kier alpha value is -1.43. The van der Waals surface area contributed by atoms with Crippen molar-refractivity contribution in [3.8, 4) is 0 Å². The molecule has 2 unspecified atom stereocenters. The van der Waals surface area contributed by atoms with Crippen LogP contribution in [-0.4, -0.2) is 38.7 Å². The van der Waals surface area contributed by atoms with Crippen molar-refractivity contribution in [1.82, 2.24) is 15.0 Å². The van der Waals surface area contributed by atoms with Crippen molar-refractivity contribution < 1.29 is 14.4 Å². The molecule has 6 nitrogen and oxygen atoms in total. The minimum Gasteiger partial charge on any atom is -0.480 e. The number of rotatable bonds is 3. The van der Waals surface area contributed by atoms with Crippen molar-refractivity contribution in [2.45, 2.75) is 39.3 Å². The van der Waals surface area contributed by atoms with Gasteiger partial charge in [-0.15, -0.1) is 0 Å². The van der Waals surface area contributed by atoms with Crippen LogP contribution in [0, 0.1) is 12.8 Å². The highest BCUT2D eigenvalue weighted by Crippen LogP contribution is 2.24. The van der Waals surface area contributed by atoms with E-state index in [1.54, 1.807) is 6.92 Å². The van der Waals surface area contributed by atoms with Gasteiger partial charge in [0.1, 0.15) is 6.04 Å². The van der Waals surface area contributed by atoms with E-state index in [1.807, 2.05) is 11.8 Å². The quantitative estimate of drug-likeness (QED) is 0.849. The van der Waals surface area contributed by atoms with Gasteiger partial charge >= 0.3 is 5.97 Å². The first-order chi connectivity index (χ1) is 8.08. The second kappa shape index (κ2) is 4.83. The zero-order valence-corrected chi connectivity index (χ0v) is 10.1. The summed E-state index contributed by atoms with van der Waals surface area (Å²) in [6, 6.07) is -0.448. The third-order valence-electron chi connectivity index (χ3n) is 3.20. The predicted octanol–water partition coefficient (Wildman–Crippen LogP) is 1.06.